The van der Waals surface area contributed by atoms with Crippen molar-refractivity contribution in [1.29, 1.82) is 0 Å². The quantitative estimate of drug-likeness (QED) is 0.0298. The Balaban J connectivity index is 1.33. The fourth-order valence-corrected chi connectivity index (χ4v) is 7.17. The van der Waals surface area contributed by atoms with Gasteiger partial charge in [0.25, 0.3) is 5.09 Å². The van der Waals surface area contributed by atoms with E-state index in [0.29, 0.717) is 50.4 Å². The van der Waals surface area contributed by atoms with Crippen molar-refractivity contribution in [3.05, 3.63) is 148 Å². The second-order valence-corrected chi connectivity index (χ2v) is 14.7. The Morgan fingerprint density at radius 3 is 2.41 bits per heavy atom. The van der Waals surface area contributed by atoms with Gasteiger partial charge in [-0.15, -0.1) is 10.1 Å². The molecule has 0 spiro atoms. The molecule has 0 radical (unpaired) electrons. The highest BCUT2D eigenvalue weighted by atomic mass is 16.9. The summed E-state index contributed by atoms with van der Waals surface area (Å²) in [5, 5.41) is 22.2. The largest absolute Gasteiger partial charge is 0.496 e. The lowest BCUT2D eigenvalue weighted by Crippen LogP contribution is -2.54. The molecule has 0 aliphatic carbocycles. The van der Waals surface area contributed by atoms with E-state index in [1.54, 1.807) is 43.4 Å². The minimum absolute atomic E-state index is 0.0620. The van der Waals surface area contributed by atoms with Crippen molar-refractivity contribution in [1.82, 2.24) is 4.90 Å². The molecule has 1 heterocycles. The maximum Gasteiger partial charge on any atom is 0.294 e. The lowest BCUT2D eigenvalue weighted by Gasteiger charge is -2.44. The summed E-state index contributed by atoms with van der Waals surface area (Å²) in [5.74, 6) is 1.81. The van der Waals surface area contributed by atoms with Gasteiger partial charge in [0.1, 0.15) is 17.2 Å². The topological polar surface area (TPSA) is 148 Å². The van der Waals surface area contributed by atoms with E-state index in [2.05, 4.69) is 17.5 Å². The number of carbonyl (C=O) groups excluding carboxylic acids is 1. The van der Waals surface area contributed by atoms with Crippen LogP contribution in [-0.2, 0) is 37.1 Å². The number of hydrogen-bond acceptors (Lipinski definition) is 11. The van der Waals surface area contributed by atoms with Crippen LogP contribution in [0.25, 0.3) is 10.8 Å². The van der Waals surface area contributed by atoms with E-state index in [-0.39, 0.29) is 51.2 Å². The lowest BCUT2D eigenvalue weighted by molar-refractivity contribution is -0.757. The zero-order chi connectivity index (χ0) is 43.4. The molecule has 13 heteroatoms. The molecule has 0 bridgehead atoms. The maximum absolute atomic E-state index is 14.0. The molecule has 1 aliphatic heterocycles. The molecule has 326 valence electrons. The molecule has 1 aliphatic rings. The van der Waals surface area contributed by atoms with Crippen LogP contribution in [0.2, 0.25) is 0 Å². The van der Waals surface area contributed by atoms with Gasteiger partial charge in [-0.25, -0.2) is 0 Å². The van der Waals surface area contributed by atoms with Crippen molar-refractivity contribution < 1.29 is 48.2 Å². The Kier molecular flexibility index (Phi) is 18.6. The molecule has 13 nitrogen and oxygen atoms in total. The normalized spacial score (nSPS) is 17.3. The first-order valence-electron chi connectivity index (χ1n) is 20.6. The molecule has 1 amide bonds. The number of hydrogen-bond donors (Lipinski definition) is 1. The van der Waals surface area contributed by atoms with Crippen LogP contribution in [0.1, 0.15) is 55.2 Å². The second kappa shape index (κ2) is 24.5. The van der Waals surface area contributed by atoms with Crippen LogP contribution in [0.15, 0.2) is 121 Å². The summed E-state index contributed by atoms with van der Waals surface area (Å²) in [7, 11) is 3.30. The van der Waals surface area contributed by atoms with Gasteiger partial charge in [-0.05, 0) is 65.3 Å². The first kappa shape index (κ1) is 46.3. The number of rotatable bonds is 25. The minimum atomic E-state index is -0.828. The van der Waals surface area contributed by atoms with E-state index in [1.165, 1.54) is 0 Å². The van der Waals surface area contributed by atoms with E-state index in [0.717, 1.165) is 39.0 Å². The third kappa shape index (κ3) is 14.2. The van der Waals surface area contributed by atoms with E-state index >= 15 is 0 Å². The van der Waals surface area contributed by atoms with Crippen molar-refractivity contribution in [2.24, 2.45) is 0 Å². The smallest absolute Gasteiger partial charge is 0.294 e. The molecule has 0 saturated carbocycles. The Morgan fingerprint density at radius 1 is 0.934 bits per heavy atom. The highest BCUT2D eigenvalue weighted by Crippen LogP contribution is 2.36. The van der Waals surface area contributed by atoms with Crippen molar-refractivity contribution in [3.8, 4) is 17.2 Å². The molecule has 1 saturated heterocycles. The predicted octanol–water partition coefficient (Wildman–Crippen LogP) is 8.17. The number of carbonyl (C=O) groups is 1. The first-order valence-corrected chi connectivity index (χ1v) is 20.6. The fraction of sp³-hybridized carbons (Fsp3) is 0.396. The number of aliphatic hydroxyl groups excluding tert-OH is 1. The average Bonchev–Trinajstić information content (AvgIpc) is 3.28. The molecule has 0 aromatic heterocycles. The summed E-state index contributed by atoms with van der Waals surface area (Å²) in [6.45, 7) is 8.08. The van der Waals surface area contributed by atoms with E-state index in [4.69, 9.17) is 28.4 Å². The van der Waals surface area contributed by atoms with E-state index in [1.807, 2.05) is 85.8 Å². The number of para-hydroxylation sites is 1. The van der Waals surface area contributed by atoms with Gasteiger partial charge in [0, 0.05) is 36.4 Å². The van der Waals surface area contributed by atoms with Crippen molar-refractivity contribution in [3.63, 3.8) is 0 Å². The molecular formula is C48H58N2O11. The van der Waals surface area contributed by atoms with Crippen LogP contribution in [0, 0.1) is 10.1 Å². The summed E-state index contributed by atoms with van der Waals surface area (Å²) in [4.78, 5) is 30.6. The number of fused-ring (bicyclic) bond motifs is 1. The number of allylic oxidation sites excluding steroid dienone is 3. The zero-order valence-electron chi connectivity index (χ0n) is 35.3. The number of ether oxygens (including phenoxy) is 6. The van der Waals surface area contributed by atoms with Crippen molar-refractivity contribution in [2.75, 3.05) is 53.7 Å². The van der Waals surface area contributed by atoms with Gasteiger partial charge in [0.2, 0.25) is 5.91 Å². The third-order valence-electron chi connectivity index (χ3n) is 10.5. The number of benzene rings is 4. The molecule has 4 aromatic carbocycles. The van der Waals surface area contributed by atoms with Crippen LogP contribution in [0.5, 0.6) is 17.2 Å². The van der Waals surface area contributed by atoms with Gasteiger partial charge >= 0.3 is 0 Å². The summed E-state index contributed by atoms with van der Waals surface area (Å²) in [6.07, 6.45) is 6.77. The lowest BCUT2D eigenvalue weighted by atomic mass is 9.84. The molecule has 4 unspecified atom stereocenters. The standard InChI is InChI=1S/C48H58N2O11/c1-5-35(15-8-7-13-26-61-50(53)54)29-47(52)49-30-45(59-32-36-27-38-16-9-11-18-42(38)44(28-36)56-4)48(46(31-49)60-34-40(51)6-2)37-20-22-41(23-21-37)58-25-14-24-57-33-39-17-10-12-19-43(39)55-3/h5,7-12,15-23,27-28,40,45-46,48,51H,1,6,13-14,24-26,29-34H2,2-4H3/b8-7-,35-15+. The number of methoxy groups -OCH3 is 2. The van der Waals surface area contributed by atoms with Gasteiger partial charge in [0.05, 0.1) is 78.6 Å². The van der Waals surface area contributed by atoms with Crippen molar-refractivity contribution in [2.45, 2.75) is 70.1 Å². The first-order chi connectivity index (χ1) is 29.7. The molecule has 1 N–H and O–H groups in total. The minimum Gasteiger partial charge on any atom is -0.496 e. The zero-order valence-corrected chi connectivity index (χ0v) is 35.3. The highest BCUT2D eigenvalue weighted by molar-refractivity contribution is 5.89. The van der Waals surface area contributed by atoms with Gasteiger partial charge in [-0.2, -0.15) is 0 Å². The second-order valence-electron chi connectivity index (χ2n) is 14.7. The van der Waals surface area contributed by atoms with Gasteiger partial charge in [-0.3, -0.25) is 4.79 Å². The summed E-state index contributed by atoms with van der Waals surface area (Å²) < 4.78 is 36.4. The molecule has 1 fully saturated rings. The predicted molar refractivity (Wildman–Crippen MR) is 233 cm³/mol. The highest BCUT2D eigenvalue weighted by Gasteiger charge is 2.41. The van der Waals surface area contributed by atoms with Crippen LogP contribution in [0.3, 0.4) is 0 Å². The fourth-order valence-electron chi connectivity index (χ4n) is 7.17. The molecule has 4 atom stereocenters. The van der Waals surface area contributed by atoms with E-state index in [9.17, 15) is 20.0 Å². The molecule has 4 aromatic rings. The molecule has 5 rings (SSSR count). The summed E-state index contributed by atoms with van der Waals surface area (Å²) >= 11 is 0. The summed E-state index contributed by atoms with van der Waals surface area (Å²) in [6, 6.07) is 27.8. The number of nitrogens with zero attached hydrogens (tertiary/aromatic N) is 2. The van der Waals surface area contributed by atoms with Crippen LogP contribution in [-0.4, -0.2) is 93.0 Å². The third-order valence-corrected chi connectivity index (χ3v) is 10.5. The SMILES string of the molecule is C=C/C(=C\C=C/CCO[N+](=O)[O-])CC(=O)N1CC(OCc2cc(OC)c3ccccc3c2)C(c2ccc(OCCCOCc3ccccc3OC)cc2)C(OCC(O)CC)C1. The van der Waals surface area contributed by atoms with Crippen LogP contribution >= 0.6 is 0 Å². The number of amides is 1. The molecular weight excluding hydrogens is 781 g/mol. The average molecular weight is 839 g/mol. The Hall–Kier alpha value is -5.73. The number of piperidine rings is 1. The Morgan fingerprint density at radius 2 is 1.67 bits per heavy atom. The summed E-state index contributed by atoms with van der Waals surface area (Å²) in [5.41, 5.74) is 3.54. The van der Waals surface area contributed by atoms with Gasteiger partial charge < -0.3 is 43.3 Å². The Bertz CT molecular complexity index is 2070. The van der Waals surface area contributed by atoms with Crippen molar-refractivity contribution >= 4 is 16.7 Å². The molecule has 61 heavy (non-hydrogen) atoms. The monoisotopic (exact) mass is 838 g/mol. The Labute approximate surface area is 358 Å². The van der Waals surface area contributed by atoms with Crippen LogP contribution < -0.4 is 14.2 Å². The number of aliphatic hydroxyl groups is 1. The van der Waals surface area contributed by atoms with Gasteiger partial charge in [0.15, 0.2) is 0 Å². The maximum atomic E-state index is 14.0. The van der Waals surface area contributed by atoms with Gasteiger partial charge in [-0.1, -0.05) is 92.4 Å². The number of likely N-dealkylation sites (tertiary alicyclic amines) is 1. The van der Waals surface area contributed by atoms with Crippen LogP contribution in [0.4, 0.5) is 0 Å². The van der Waals surface area contributed by atoms with E-state index < -0.39 is 23.4 Å².